The summed E-state index contributed by atoms with van der Waals surface area (Å²) < 4.78 is 0. The third kappa shape index (κ3) is 2.74. The molecule has 0 heterocycles. The molecule has 0 bridgehead atoms. The number of terminal acetylenes is 1. The molecule has 1 aromatic rings. The van der Waals surface area contributed by atoms with Gasteiger partial charge >= 0.3 is 0 Å². The monoisotopic (exact) mass is 165 g/mol. The molecular formula is C12H7N. The first-order valence-electron chi connectivity index (χ1n) is 3.79. The van der Waals surface area contributed by atoms with E-state index >= 15 is 0 Å². The van der Waals surface area contributed by atoms with Crippen molar-refractivity contribution >= 4 is 0 Å². The predicted octanol–water partition coefficient (Wildman–Crippen LogP) is 1.93. The lowest BCUT2D eigenvalue weighted by atomic mass is 10.1. The Bertz CT molecular complexity index is 433. The largest absolute Gasteiger partial charge is 0.197 e. The van der Waals surface area contributed by atoms with Gasteiger partial charge in [0.25, 0.3) is 0 Å². The van der Waals surface area contributed by atoms with Crippen molar-refractivity contribution in [1.29, 1.82) is 5.26 Å². The second-order valence-corrected chi connectivity index (χ2v) is 2.36. The third-order valence-electron chi connectivity index (χ3n) is 1.43. The summed E-state index contributed by atoms with van der Waals surface area (Å²) in [5.41, 5.74) is 1.66. The Hall–Kier alpha value is -2.17. The van der Waals surface area contributed by atoms with Crippen LogP contribution in [0.25, 0.3) is 0 Å². The van der Waals surface area contributed by atoms with Crippen LogP contribution in [0.1, 0.15) is 17.5 Å². The van der Waals surface area contributed by atoms with Crippen molar-refractivity contribution in [2.45, 2.75) is 6.42 Å². The number of rotatable bonds is 0. The van der Waals surface area contributed by atoms with Gasteiger partial charge in [-0.2, -0.15) is 5.26 Å². The van der Waals surface area contributed by atoms with Gasteiger partial charge < -0.3 is 0 Å². The van der Waals surface area contributed by atoms with E-state index in [2.05, 4.69) is 17.8 Å². The molecule has 1 aromatic carbocycles. The lowest BCUT2D eigenvalue weighted by molar-refractivity contribution is 1.39. The van der Waals surface area contributed by atoms with Crippen molar-refractivity contribution in [3.05, 3.63) is 35.4 Å². The highest BCUT2D eigenvalue weighted by Gasteiger charge is 1.87. The summed E-state index contributed by atoms with van der Waals surface area (Å²) >= 11 is 0. The minimum atomic E-state index is 0.250. The van der Waals surface area contributed by atoms with Gasteiger partial charge in [0.2, 0.25) is 0 Å². The van der Waals surface area contributed by atoms with Crippen LogP contribution in [0.15, 0.2) is 24.3 Å². The molecular weight excluding hydrogens is 158 g/mol. The van der Waals surface area contributed by atoms with Crippen molar-refractivity contribution in [3.63, 3.8) is 0 Å². The van der Waals surface area contributed by atoms with Crippen molar-refractivity contribution in [2.24, 2.45) is 0 Å². The fourth-order valence-corrected chi connectivity index (χ4v) is 0.873. The van der Waals surface area contributed by atoms with Crippen LogP contribution in [0.2, 0.25) is 0 Å². The smallest absolute Gasteiger partial charge is 0.0966 e. The lowest BCUT2D eigenvalue weighted by Gasteiger charge is -1.90. The molecule has 0 aliphatic rings. The van der Waals surface area contributed by atoms with Crippen molar-refractivity contribution in [3.8, 4) is 30.3 Å². The number of benzene rings is 1. The summed E-state index contributed by atoms with van der Waals surface area (Å²) in [5.74, 6) is 8.10. The standard InChI is InChI=1S/C12H7N/c1-2-11-7-5-8-12(10-11)6-3-4-9-13/h1,5,7-8,10H,4H2. The Morgan fingerprint density at radius 2 is 2.08 bits per heavy atom. The van der Waals surface area contributed by atoms with Crippen molar-refractivity contribution < 1.29 is 0 Å². The molecule has 0 aliphatic heterocycles. The lowest BCUT2D eigenvalue weighted by Crippen LogP contribution is -1.76. The average molecular weight is 165 g/mol. The van der Waals surface area contributed by atoms with Gasteiger partial charge in [-0.3, -0.25) is 0 Å². The highest BCUT2D eigenvalue weighted by Crippen LogP contribution is 2.01. The molecule has 0 spiro atoms. The van der Waals surface area contributed by atoms with Gasteiger partial charge in [-0.25, -0.2) is 0 Å². The molecule has 0 fully saturated rings. The van der Waals surface area contributed by atoms with E-state index in [1.165, 1.54) is 0 Å². The first kappa shape index (κ1) is 8.92. The number of nitrogens with zero attached hydrogens (tertiary/aromatic N) is 1. The zero-order valence-electron chi connectivity index (χ0n) is 7.04. The molecule has 0 saturated carbocycles. The number of hydrogen-bond donors (Lipinski definition) is 0. The Labute approximate surface area is 78.0 Å². The second-order valence-electron chi connectivity index (χ2n) is 2.36. The fraction of sp³-hybridized carbons (Fsp3) is 0.0833. The van der Waals surface area contributed by atoms with Gasteiger partial charge in [-0.15, -0.1) is 6.42 Å². The Morgan fingerprint density at radius 1 is 1.31 bits per heavy atom. The quantitative estimate of drug-likeness (QED) is 0.539. The van der Waals surface area contributed by atoms with Gasteiger partial charge in [-0.1, -0.05) is 23.8 Å². The summed E-state index contributed by atoms with van der Waals surface area (Å²) in [6.07, 6.45) is 5.47. The number of nitriles is 1. The molecule has 0 saturated heterocycles. The summed E-state index contributed by atoms with van der Waals surface area (Å²) in [6.45, 7) is 0. The first-order valence-corrected chi connectivity index (χ1v) is 3.79. The van der Waals surface area contributed by atoms with Crippen LogP contribution in [0.4, 0.5) is 0 Å². The van der Waals surface area contributed by atoms with Crippen molar-refractivity contribution in [1.82, 2.24) is 0 Å². The molecule has 1 nitrogen and oxygen atoms in total. The Kier molecular flexibility index (Phi) is 3.20. The van der Waals surface area contributed by atoms with E-state index in [4.69, 9.17) is 11.7 Å². The van der Waals surface area contributed by atoms with E-state index in [1.807, 2.05) is 30.3 Å². The van der Waals surface area contributed by atoms with E-state index in [1.54, 1.807) is 0 Å². The van der Waals surface area contributed by atoms with Crippen LogP contribution in [-0.2, 0) is 0 Å². The molecule has 1 rings (SSSR count). The van der Waals surface area contributed by atoms with E-state index < -0.39 is 0 Å². The minimum Gasteiger partial charge on any atom is -0.197 e. The zero-order chi connectivity index (χ0) is 9.52. The van der Waals surface area contributed by atoms with E-state index in [0.717, 1.165) is 11.1 Å². The van der Waals surface area contributed by atoms with Crippen LogP contribution in [-0.4, -0.2) is 0 Å². The van der Waals surface area contributed by atoms with Crippen LogP contribution in [0.5, 0.6) is 0 Å². The molecule has 13 heavy (non-hydrogen) atoms. The molecule has 0 aromatic heterocycles. The van der Waals surface area contributed by atoms with E-state index in [9.17, 15) is 0 Å². The predicted molar refractivity (Wildman–Crippen MR) is 51.5 cm³/mol. The highest BCUT2D eigenvalue weighted by molar-refractivity contribution is 5.42. The maximum atomic E-state index is 8.26. The summed E-state index contributed by atoms with van der Waals surface area (Å²) in [5, 5.41) is 8.26. The van der Waals surface area contributed by atoms with Crippen LogP contribution < -0.4 is 0 Å². The molecule has 60 valence electrons. The summed E-state index contributed by atoms with van der Waals surface area (Å²) in [7, 11) is 0. The summed E-state index contributed by atoms with van der Waals surface area (Å²) in [6, 6.07) is 9.34. The second kappa shape index (κ2) is 4.66. The summed E-state index contributed by atoms with van der Waals surface area (Å²) in [4.78, 5) is 0. The topological polar surface area (TPSA) is 23.8 Å². The van der Waals surface area contributed by atoms with Gasteiger partial charge in [0.05, 0.1) is 12.5 Å². The third-order valence-corrected chi connectivity index (χ3v) is 1.43. The molecule has 0 N–H and O–H groups in total. The molecule has 0 radical (unpaired) electrons. The van der Waals surface area contributed by atoms with Crippen LogP contribution >= 0.6 is 0 Å². The highest BCUT2D eigenvalue weighted by atomic mass is 14.2. The Morgan fingerprint density at radius 3 is 2.77 bits per heavy atom. The van der Waals surface area contributed by atoms with E-state index in [0.29, 0.717) is 0 Å². The van der Waals surface area contributed by atoms with Gasteiger partial charge in [0, 0.05) is 11.1 Å². The SMILES string of the molecule is C#Cc1cccc(C#CCC#N)c1. The molecule has 0 amide bonds. The average Bonchev–Trinajstić information content (AvgIpc) is 2.19. The van der Waals surface area contributed by atoms with Gasteiger partial charge in [-0.05, 0) is 18.2 Å². The van der Waals surface area contributed by atoms with Gasteiger partial charge in [0.15, 0.2) is 0 Å². The van der Waals surface area contributed by atoms with Crippen molar-refractivity contribution in [2.75, 3.05) is 0 Å². The van der Waals surface area contributed by atoms with Crippen LogP contribution in [0, 0.1) is 35.5 Å². The molecule has 1 heteroatoms. The van der Waals surface area contributed by atoms with E-state index in [-0.39, 0.29) is 6.42 Å². The molecule has 0 aliphatic carbocycles. The Balaban J connectivity index is 2.88. The fourth-order valence-electron chi connectivity index (χ4n) is 0.873. The first-order chi connectivity index (χ1) is 6.36. The minimum absolute atomic E-state index is 0.250. The molecule has 0 atom stereocenters. The maximum absolute atomic E-state index is 8.26. The zero-order valence-corrected chi connectivity index (χ0v) is 7.04. The molecule has 0 unspecified atom stereocenters. The normalized spacial score (nSPS) is 7.54. The number of hydrogen-bond acceptors (Lipinski definition) is 1. The van der Waals surface area contributed by atoms with Gasteiger partial charge in [0.1, 0.15) is 0 Å². The van der Waals surface area contributed by atoms with Crippen LogP contribution in [0.3, 0.4) is 0 Å². The maximum Gasteiger partial charge on any atom is 0.0966 e.